The van der Waals surface area contributed by atoms with Crippen molar-refractivity contribution in [1.82, 2.24) is 5.32 Å². The molecule has 0 aliphatic heterocycles. The van der Waals surface area contributed by atoms with Crippen LogP contribution in [0.25, 0.3) is 0 Å². The molecule has 3 nitrogen and oxygen atoms in total. The predicted octanol–water partition coefficient (Wildman–Crippen LogP) is 5.13. The van der Waals surface area contributed by atoms with E-state index < -0.39 is 0 Å². The van der Waals surface area contributed by atoms with Crippen LogP contribution in [0.2, 0.25) is 0 Å². The van der Waals surface area contributed by atoms with E-state index in [1.54, 1.807) is 0 Å². The Balaban J connectivity index is 1.66. The fourth-order valence-electron chi connectivity index (χ4n) is 3.53. The highest BCUT2D eigenvalue weighted by atomic mass is 16.5. The van der Waals surface area contributed by atoms with Crippen molar-refractivity contribution in [3.63, 3.8) is 0 Å². The number of ether oxygens (including phenoxy) is 1. The molecule has 1 aliphatic carbocycles. The number of aryl methyl sites for hydroxylation is 1. The number of hydrogen-bond donors (Lipinski definition) is 1. The first-order valence-corrected chi connectivity index (χ1v) is 9.90. The van der Waals surface area contributed by atoms with Gasteiger partial charge in [0.15, 0.2) is 0 Å². The normalized spacial score (nSPS) is 21.0. The highest BCUT2D eigenvalue weighted by Crippen LogP contribution is 2.30. The second-order valence-corrected chi connectivity index (χ2v) is 8.46. The van der Waals surface area contributed by atoms with Gasteiger partial charge >= 0.3 is 0 Å². The van der Waals surface area contributed by atoms with Crippen LogP contribution in [0.4, 0.5) is 0 Å². The Morgan fingerprint density at radius 1 is 1.08 bits per heavy atom. The van der Waals surface area contributed by atoms with Crippen LogP contribution in [-0.2, 0) is 11.2 Å². The van der Waals surface area contributed by atoms with Crippen LogP contribution in [0.5, 0.6) is 5.75 Å². The minimum Gasteiger partial charge on any atom is -0.488 e. The van der Waals surface area contributed by atoms with Gasteiger partial charge in [-0.3, -0.25) is 4.79 Å². The molecule has 0 spiro atoms. The van der Waals surface area contributed by atoms with Crippen LogP contribution < -0.4 is 10.1 Å². The molecule has 0 bridgehead atoms. The Kier molecular flexibility index (Phi) is 7.34. The maximum Gasteiger partial charge on any atom is 0.220 e. The second-order valence-electron chi connectivity index (χ2n) is 8.46. The van der Waals surface area contributed by atoms with Gasteiger partial charge < -0.3 is 10.1 Å². The molecule has 0 radical (unpaired) electrons. The number of hydrogen-bond acceptors (Lipinski definition) is 2. The summed E-state index contributed by atoms with van der Waals surface area (Å²) in [5, 5.41) is 3.13. The van der Waals surface area contributed by atoms with E-state index in [1.165, 1.54) is 37.7 Å². The Labute approximate surface area is 153 Å². The lowest BCUT2D eigenvalue weighted by atomic mass is 9.81. The van der Waals surface area contributed by atoms with E-state index >= 15 is 0 Å². The van der Waals surface area contributed by atoms with Crippen LogP contribution in [-0.4, -0.2) is 18.1 Å². The average Bonchev–Trinajstić information content (AvgIpc) is 2.58. The first-order chi connectivity index (χ1) is 11.9. The van der Waals surface area contributed by atoms with Crippen molar-refractivity contribution in [2.75, 3.05) is 6.54 Å². The third-order valence-electron chi connectivity index (χ3n) is 5.12. The molecule has 140 valence electrons. The second kappa shape index (κ2) is 9.26. The SMILES string of the molecule is CCC1CCC(CNC(=O)CCc2ccc(OC(C)(C)C)cc2)CC1. The van der Waals surface area contributed by atoms with E-state index in [0.717, 1.165) is 24.6 Å². The molecule has 2 rings (SSSR count). The molecule has 0 atom stereocenters. The van der Waals surface area contributed by atoms with Crippen molar-refractivity contribution in [2.24, 2.45) is 11.8 Å². The Hall–Kier alpha value is -1.51. The minimum atomic E-state index is -0.183. The van der Waals surface area contributed by atoms with Crippen molar-refractivity contribution >= 4 is 5.91 Å². The van der Waals surface area contributed by atoms with Gasteiger partial charge in [0.2, 0.25) is 5.91 Å². The Morgan fingerprint density at radius 2 is 1.68 bits per heavy atom. The fraction of sp³-hybridized carbons (Fsp3) is 0.682. The summed E-state index contributed by atoms with van der Waals surface area (Å²) in [6.45, 7) is 9.27. The topological polar surface area (TPSA) is 38.3 Å². The molecule has 1 aromatic carbocycles. The van der Waals surface area contributed by atoms with E-state index in [2.05, 4.69) is 24.4 Å². The molecular formula is C22H35NO2. The lowest BCUT2D eigenvalue weighted by Gasteiger charge is -2.27. The Morgan fingerprint density at radius 3 is 2.24 bits per heavy atom. The van der Waals surface area contributed by atoms with Crippen molar-refractivity contribution in [2.45, 2.75) is 78.2 Å². The van der Waals surface area contributed by atoms with E-state index in [9.17, 15) is 4.79 Å². The van der Waals surface area contributed by atoms with Crippen LogP contribution in [0, 0.1) is 11.8 Å². The van der Waals surface area contributed by atoms with Gasteiger partial charge in [-0.05, 0) is 69.6 Å². The number of carbonyl (C=O) groups is 1. The smallest absolute Gasteiger partial charge is 0.220 e. The van der Waals surface area contributed by atoms with Gasteiger partial charge in [0.1, 0.15) is 11.4 Å². The van der Waals surface area contributed by atoms with E-state index in [4.69, 9.17) is 4.74 Å². The van der Waals surface area contributed by atoms with Crippen molar-refractivity contribution < 1.29 is 9.53 Å². The van der Waals surface area contributed by atoms with Gasteiger partial charge in [-0.2, -0.15) is 0 Å². The van der Waals surface area contributed by atoms with Crippen molar-refractivity contribution in [1.29, 1.82) is 0 Å². The standard InChI is InChI=1S/C22H35NO2/c1-5-17-6-8-19(9-7-17)16-23-21(24)15-12-18-10-13-20(14-11-18)25-22(2,3)4/h10-11,13-14,17,19H,5-9,12,15-16H2,1-4H3,(H,23,24). The molecule has 0 heterocycles. The molecule has 0 saturated heterocycles. The van der Waals surface area contributed by atoms with Gasteiger partial charge in [-0.15, -0.1) is 0 Å². The third kappa shape index (κ3) is 7.50. The van der Waals surface area contributed by atoms with Crippen LogP contribution in [0.15, 0.2) is 24.3 Å². The highest BCUT2D eigenvalue weighted by molar-refractivity contribution is 5.76. The van der Waals surface area contributed by atoms with Gasteiger partial charge in [0.25, 0.3) is 0 Å². The summed E-state index contributed by atoms with van der Waals surface area (Å²) >= 11 is 0. The maximum absolute atomic E-state index is 12.1. The third-order valence-corrected chi connectivity index (χ3v) is 5.12. The van der Waals surface area contributed by atoms with E-state index in [0.29, 0.717) is 12.3 Å². The van der Waals surface area contributed by atoms with Gasteiger partial charge in [-0.1, -0.05) is 38.3 Å². The monoisotopic (exact) mass is 345 g/mol. The molecule has 1 aromatic rings. The molecule has 1 aliphatic rings. The van der Waals surface area contributed by atoms with Gasteiger partial charge in [-0.25, -0.2) is 0 Å². The molecule has 1 N–H and O–H groups in total. The first kappa shape index (κ1) is 19.8. The average molecular weight is 346 g/mol. The molecule has 0 aromatic heterocycles. The summed E-state index contributed by atoms with van der Waals surface area (Å²) in [4.78, 5) is 12.1. The molecule has 25 heavy (non-hydrogen) atoms. The number of carbonyl (C=O) groups excluding carboxylic acids is 1. The quantitative estimate of drug-likeness (QED) is 0.744. The summed E-state index contributed by atoms with van der Waals surface area (Å²) < 4.78 is 5.82. The summed E-state index contributed by atoms with van der Waals surface area (Å²) in [5.74, 6) is 2.65. The summed E-state index contributed by atoms with van der Waals surface area (Å²) in [6, 6.07) is 8.09. The molecule has 3 heteroatoms. The van der Waals surface area contributed by atoms with Gasteiger partial charge in [0.05, 0.1) is 0 Å². The van der Waals surface area contributed by atoms with Crippen LogP contribution in [0.1, 0.15) is 71.8 Å². The molecule has 1 amide bonds. The zero-order valence-corrected chi connectivity index (χ0v) is 16.4. The van der Waals surface area contributed by atoms with Gasteiger partial charge in [0, 0.05) is 13.0 Å². The minimum absolute atomic E-state index is 0.174. The zero-order valence-electron chi connectivity index (χ0n) is 16.4. The lowest BCUT2D eigenvalue weighted by molar-refractivity contribution is -0.121. The number of amides is 1. The van der Waals surface area contributed by atoms with Crippen LogP contribution in [0.3, 0.4) is 0 Å². The highest BCUT2D eigenvalue weighted by Gasteiger charge is 2.20. The predicted molar refractivity (Wildman–Crippen MR) is 104 cm³/mol. The van der Waals surface area contributed by atoms with Crippen molar-refractivity contribution in [3.05, 3.63) is 29.8 Å². The Bertz CT molecular complexity index is 522. The van der Waals surface area contributed by atoms with E-state index in [-0.39, 0.29) is 11.5 Å². The lowest BCUT2D eigenvalue weighted by Crippen LogP contribution is -2.31. The summed E-state index contributed by atoms with van der Waals surface area (Å²) in [5.41, 5.74) is 0.998. The zero-order chi connectivity index (χ0) is 18.3. The van der Waals surface area contributed by atoms with Crippen molar-refractivity contribution in [3.8, 4) is 5.75 Å². The number of rotatable bonds is 7. The molecule has 1 fully saturated rings. The van der Waals surface area contributed by atoms with Crippen LogP contribution >= 0.6 is 0 Å². The number of nitrogens with one attached hydrogen (secondary N) is 1. The summed E-state index contributed by atoms with van der Waals surface area (Å²) in [6.07, 6.45) is 7.86. The number of benzene rings is 1. The molecule has 1 saturated carbocycles. The largest absolute Gasteiger partial charge is 0.488 e. The molecule has 0 unspecified atom stereocenters. The molecular weight excluding hydrogens is 310 g/mol. The van der Waals surface area contributed by atoms with E-state index in [1.807, 2.05) is 32.9 Å². The summed E-state index contributed by atoms with van der Waals surface area (Å²) in [7, 11) is 0. The maximum atomic E-state index is 12.1. The first-order valence-electron chi connectivity index (χ1n) is 9.90. The fourth-order valence-corrected chi connectivity index (χ4v) is 3.53.